The second-order valence-corrected chi connectivity index (χ2v) is 6.69. The molecular formula is C18H20N2. The summed E-state index contributed by atoms with van der Waals surface area (Å²) in [6, 6.07) is 15.5. The number of hydrogen-bond donors (Lipinski definition) is 2. The van der Waals surface area contributed by atoms with Gasteiger partial charge in [0.15, 0.2) is 0 Å². The predicted molar refractivity (Wildman–Crippen MR) is 82.7 cm³/mol. The quantitative estimate of drug-likeness (QED) is 0.831. The fourth-order valence-electron chi connectivity index (χ4n) is 3.63. The first-order valence-corrected chi connectivity index (χ1v) is 7.27. The van der Waals surface area contributed by atoms with Crippen LogP contribution in [0.2, 0.25) is 0 Å². The molecule has 1 fully saturated rings. The Kier molecular flexibility index (Phi) is 2.25. The van der Waals surface area contributed by atoms with Gasteiger partial charge in [-0.05, 0) is 33.9 Å². The van der Waals surface area contributed by atoms with Crippen LogP contribution in [0.5, 0.6) is 0 Å². The Morgan fingerprint density at radius 1 is 0.950 bits per heavy atom. The molecule has 2 aromatic carbocycles. The van der Waals surface area contributed by atoms with Crippen LogP contribution in [-0.2, 0) is 11.0 Å². The summed E-state index contributed by atoms with van der Waals surface area (Å²) < 4.78 is 0. The van der Waals surface area contributed by atoms with Crippen LogP contribution in [0.1, 0.15) is 30.5 Å². The van der Waals surface area contributed by atoms with E-state index < -0.39 is 0 Å². The lowest BCUT2D eigenvalue weighted by Crippen LogP contribution is -2.62. The SMILES string of the molecule is CC1(C)c2ccccc2-c2cc(C3(N)CNC3)ccc21. The molecule has 0 spiro atoms. The van der Waals surface area contributed by atoms with Crippen molar-refractivity contribution in [3.63, 3.8) is 0 Å². The van der Waals surface area contributed by atoms with E-state index in [1.54, 1.807) is 0 Å². The van der Waals surface area contributed by atoms with Crippen molar-refractivity contribution >= 4 is 0 Å². The van der Waals surface area contributed by atoms with Gasteiger partial charge in [0.25, 0.3) is 0 Å². The number of benzene rings is 2. The first-order valence-electron chi connectivity index (χ1n) is 7.27. The van der Waals surface area contributed by atoms with E-state index in [-0.39, 0.29) is 11.0 Å². The summed E-state index contributed by atoms with van der Waals surface area (Å²) in [5, 5.41) is 3.28. The highest BCUT2D eigenvalue weighted by atomic mass is 15.1. The minimum absolute atomic E-state index is 0.0874. The van der Waals surface area contributed by atoms with Crippen LogP contribution >= 0.6 is 0 Å². The molecule has 2 aromatic rings. The molecule has 0 radical (unpaired) electrons. The first-order chi connectivity index (χ1) is 9.52. The molecular weight excluding hydrogens is 244 g/mol. The topological polar surface area (TPSA) is 38.0 Å². The van der Waals surface area contributed by atoms with Crippen molar-refractivity contribution in [3.8, 4) is 11.1 Å². The van der Waals surface area contributed by atoms with Crippen LogP contribution in [0.4, 0.5) is 0 Å². The van der Waals surface area contributed by atoms with E-state index in [9.17, 15) is 0 Å². The second kappa shape index (κ2) is 3.72. The van der Waals surface area contributed by atoms with Gasteiger partial charge in [-0.3, -0.25) is 0 Å². The molecule has 1 aliphatic heterocycles. The van der Waals surface area contributed by atoms with Gasteiger partial charge < -0.3 is 11.1 Å². The van der Waals surface area contributed by atoms with Gasteiger partial charge in [0, 0.05) is 18.5 Å². The number of rotatable bonds is 1. The monoisotopic (exact) mass is 264 g/mol. The van der Waals surface area contributed by atoms with Crippen molar-refractivity contribution in [1.29, 1.82) is 0 Å². The fraction of sp³-hybridized carbons (Fsp3) is 0.333. The zero-order chi connectivity index (χ0) is 14.0. The smallest absolute Gasteiger partial charge is 0.0662 e. The van der Waals surface area contributed by atoms with Crippen molar-refractivity contribution in [1.82, 2.24) is 5.32 Å². The molecule has 1 aliphatic carbocycles. The Hall–Kier alpha value is -1.64. The highest BCUT2D eigenvalue weighted by molar-refractivity contribution is 5.81. The van der Waals surface area contributed by atoms with E-state index in [1.807, 2.05) is 0 Å². The third-order valence-electron chi connectivity index (χ3n) is 5.04. The average Bonchev–Trinajstić information content (AvgIpc) is 2.65. The van der Waals surface area contributed by atoms with Crippen LogP contribution in [-0.4, -0.2) is 13.1 Å². The fourth-order valence-corrected chi connectivity index (χ4v) is 3.63. The van der Waals surface area contributed by atoms with Gasteiger partial charge >= 0.3 is 0 Å². The highest BCUT2D eigenvalue weighted by Gasteiger charge is 2.38. The molecule has 1 heterocycles. The van der Waals surface area contributed by atoms with Crippen LogP contribution in [0.3, 0.4) is 0 Å². The first kappa shape index (κ1) is 12.1. The summed E-state index contributed by atoms with van der Waals surface area (Å²) in [5.74, 6) is 0. The molecule has 0 saturated carbocycles. The Morgan fingerprint density at radius 3 is 2.35 bits per heavy atom. The van der Waals surface area contributed by atoms with E-state index in [0.717, 1.165) is 13.1 Å². The van der Waals surface area contributed by atoms with E-state index in [2.05, 4.69) is 61.6 Å². The molecule has 2 aliphatic rings. The van der Waals surface area contributed by atoms with Gasteiger partial charge in [-0.2, -0.15) is 0 Å². The summed E-state index contributed by atoms with van der Waals surface area (Å²) in [6.45, 7) is 6.36. The van der Waals surface area contributed by atoms with Gasteiger partial charge in [-0.25, -0.2) is 0 Å². The molecule has 0 bridgehead atoms. The summed E-state index contributed by atoms with van der Waals surface area (Å²) >= 11 is 0. The second-order valence-electron chi connectivity index (χ2n) is 6.69. The normalized spacial score (nSPS) is 20.9. The molecule has 2 nitrogen and oxygen atoms in total. The van der Waals surface area contributed by atoms with Gasteiger partial charge in [0.2, 0.25) is 0 Å². The molecule has 0 atom stereocenters. The van der Waals surface area contributed by atoms with Crippen LogP contribution in [0, 0.1) is 0 Å². The van der Waals surface area contributed by atoms with Crippen molar-refractivity contribution in [3.05, 3.63) is 59.2 Å². The minimum atomic E-state index is -0.184. The Bertz CT molecular complexity index is 696. The van der Waals surface area contributed by atoms with Crippen molar-refractivity contribution < 1.29 is 0 Å². The van der Waals surface area contributed by atoms with E-state index in [0.29, 0.717) is 0 Å². The third-order valence-corrected chi connectivity index (χ3v) is 5.04. The Balaban J connectivity index is 1.94. The number of hydrogen-bond acceptors (Lipinski definition) is 2. The maximum atomic E-state index is 6.44. The van der Waals surface area contributed by atoms with Gasteiger partial charge in [-0.1, -0.05) is 50.2 Å². The Morgan fingerprint density at radius 2 is 1.65 bits per heavy atom. The molecule has 102 valence electrons. The molecule has 0 aromatic heterocycles. The van der Waals surface area contributed by atoms with Crippen molar-refractivity contribution in [2.24, 2.45) is 5.73 Å². The molecule has 2 heteroatoms. The maximum Gasteiger partial charge on any atom is 0.0662 e. The zero-order valence-electron chi connectivity index (χ0n) is 12.0. The highest BCUT2D eigenvalue weighted by Crippen LogP contribution is 2.49. The van der Waals surface area contributed by atoms with E-state index in [4.69, 9.17) is 5.73 Å². The van der Waals surface area contributed by atoms with E-state index >= 15 is 0 Å². The molecule has 1 saturated heterocycles. The molecule has 4 rings (SSSR count). The molecule has 0 amide bonds. The van der Waals surface area contributed by atoms with Gasteiger partial charge in [0.05, 0.1) is 5.54 Å². The van der Waals surface area contributed by atoms with Crippen LogP contribution in [0.25, 0.3) is 11.1 Å². The lowest BCUT2D eigenvalue weighted by atomic mass is 9.80. The Labute approximate surface area is 120 Å². The van der Waals surface area contributed by atoms with Crippen LogP contribution < -0.4 is 11.1 Å². The summed E-state index contributed by atoms with van der Waals surface area (Å²) in [6.07, 6.45) is 0. The maximum absolute atomic E-state index is 6.44. The standard InChI is InChI=1S/C18H20N2/c1-17(2)15-6-4-3-5-13(15)14-9-12(7-8-16(14)17)18(19)10-20-11-18/h3-9,20H,10-11,19H2,1-2H3. The van der Waals surface area contributed by atoms with Crippen LogP contribution in [0.15, 0.2) is 42.5 Å². The summed E-state index contributed by atoms with van der Waals surface area (Å²) in [5.41, 5.74) is 13.2. The van der Waals surface area contributed by atoms with Crippen molar-refractivity contribution in [2.45, 2.75) is 24.8 Å². The zero-order valence-corrected chi connectivity index (χ0v) is 12.0. The molecule has 0 unspecified atom stereocenters. The summed E-state index contributed by atoms with van der Waals surface area (Å²) in [4.78, 5) is 0. The van der Waals surface area contributed by atoms with Crippen molar-refractivity contribution in [2.75, 3.05) is 13.1 Å². The number of nitrogens with one attached hydrogen (secondary N) is 1. The summed E-state index contributed by atoms with van der Waals surface area (Å²) in [7, 11) is 0. The lowest BCUT2D eigenvalue weighted by molar-refractivity contribution is 0.287. The van der Waals surface area contributed by atoms with Gasteiger partial charge in [-0.15, -0.1) is 0 Å². The molecule has 3 N–H and O–H groups in total. The van der Waals surface area contributed by atoms with Gasteiger partial charge in [0.1, 0.15) is 0 Å². The van der Waals surface area contributed by atoms with E-state index in [1.165, 1.54) is 27.8 Å². The predicted octanol–water partition coefficient (Wildman–Crippen LogP) is 2.75. The largest absolute Gasteiger partial charge is 0.319 e. The lowest BCUT2D eigenvalue weighted by Gasteiger charge is -2.40. The third kappa shape index (κ3) is 1.41. The number of fused-ring (bicyclic) bond motifs is 3. The molecule has 20 heavy (non-hydrogen) atoms. The minimum Gasteiger partial charge on any atom is -0.319 e. The number of nitrogens with two attached hydrogens (primary N) is 1. The average molecular weight is 264 g/mol.